The molecule has 0 saturated heterocycles. The van der Waals surface area contributed by atoms with Gasteiger partial charge in [-0.25, -0.2) is 4.79 Å². The number of hydrogen-bond donors (Lipinski definition) is 0. The fourth-order valence-corrected chi connectivity index (χ4v) is 2.77. The Morgan fingerprint density at radius 3 is 2.50 bits per heavy atom. The van der Waals surface area contributed by atoms with Crippen molar-refractivity contribution in [3.63, 3.8) is 0 Å². The van der Waals surface area contributed by atoms with Crippen molar-refractivity contribution in [1.29, 1.82) is 0 Å². The molecule has 1 aromatic heterocycles. The smallest absolute Gasteiger partial charge is 0.330 e. The molecule has 2 aromatic carbocycles. The zero-order valence-electron chi connectivity index (χ0n) is 16.8. The number of rotatable bonds is 8. The van der Waals surface area contributed by atoms with Gasteiger partial charge in [0.05, 0.1) is 20.6 Å². The maximum Gasteiger partial charge on any atom is 0.330 e. The summed E-state index contributed by atoms with van der Waals surface area (Å²) < 4.78 is 21.1. The molecule has 0 aliphatic carbocycles. The molecule has 3 aromatic rings. The molecule has 30 heavy (non-hydrogen) atoms. The van der Waals surface area contributed by atoms with Gasteiger partial charge in [-0.2, -0.15) is 0 Å². The second kappa shape index (κ2) is 10.1. The van der Waals surface area contributed by atoms with Crippen LogP contribution < -0.4 is 9.47 Å². The van der Waals surface area contributed by atoms with E-state index in [1.165, 1.54) is 20.3 Å². The van der Waals surface area contributed by atoms with E-state index in [9.17, 15) is 9.59 Å². The molecule has 0 N–H and O–H groups in total. The predicted octanol–water partition coefficient (Wildman–Crippen LogP) is 4.68. The largest absolute Gasteiger partial charge is 0.493 e. The minimum atomic E-state index is -0.460. The highest BCUT2D eigenvalue weighted by atomic mass is 16.6. The van der Waals surface area contributed by atoms with Gasteiger partial charge in [-0.15, -0.1) is 0 Å². The van der Waals surface area contributed by atoms with Crippen LogP contribution in [0.5, 0.6) is 11.5 Å². The van der Waals surface area contributed by atoms with Crippen LogP contribution in [-0.4, -0.2) is 26.2 Å². The van der Waals surface area contributed by atoms with Crippen molar-refractivity contribution in [3.05, 3.63) is 78.1 Å². The Kier molecular flexibility index (Phi) is 7.05. The van der Waals surface area contributed by atoms with E-state index >= 15 is 0 Å². The lowest BCUT2D eigenvalue weighted by Crippen LogP contribution is -2.09. The fraction of sp³-hybridized carbons (Fsp3) is 0.167. The molecule has 154 valence electrons. The Morgan fingerprint density at radius 1 is 0.967 bits per heavy atom. The zero-order chi connectivity index (χ0) is 21.3. The second-order valence-corrected chi connectivity index (χ2v) is 6.37. The molecule has 0 radical (unpaired) electrons. The highest BCUT2D eigenvalue weighted by molar-refractivity contribution is 5.87. The van der Waals surface area contributed by atoms with E-state index in [0.717, 1.165) is 11.3 Å². The van der Waals surface area contributed by atoms with E-state index in [1.54, 1.807) is 24.3 Å². The van der Waals surface area contributed by atoms with Crippen LogP contribution in [-0.2, 0) is 20.7 Å². The molecule has 0 bridgehead atoms. The Hall–Kier alpha value is -3.80. The van der Waals surface area contributed by atoms with Crippen LogP contribution in [0.1, 0.15) is 17.7 Å². The molecular formula is C24H22O6. The number of esters is 2. The Morgan fingerprint density at radius 2 is 1.77 bits per heavy atom. The molecule has 3 rings (SSSR count). The van der Waals surface area contributed by atoms with Gasteiger partial charge in [-0.1, -0.05) is 36.4 Å². The first-order valence-corrected chi connectivity index (χ1v) is 9.38. The third kappa shape index (κ3) is 5.61. The minimum absolute atomic E-state index is 0.162. The summed E-state index contributed by atoms with van der Waals surface area (Å²) in [5.74, 6) is 1.31. The minimum Gasteiger partial charge on any atom is -0.493 e. The summed E-state index contributed by atoms with van der Waals surface area (Å²) in [6.07, 6.45) is 3.47. The summed E-state index contributed by atoms with van der Waals surface area (Å²) in [7, 11) is 2.79. The van der Waals surface area contributed by atoms with Crippen LogP contribution in [0.25, 0.3) is 17.4 Å². The van der Waals surface area contributed by atoms with Gasteiger partial charge in [0.25, 0.3) is 0 Å². The molecule has 0 atom stereocenters. The van der Waals surface area contributed by atoms with Crippen LogP contribution >= 0.6 is 0 Å². The van der Waals surface area contributed by atoms with Crippen molar-refractivity contribution in [1.82, 2.24) is 0 Å². The van der Waals surface area contributed by atoms with Gasteiger partial charge in [-0.3, -0.25) is 4.79 Å². The van der Waals surface area contributed by atoms with Crippen molar-refractivity contribution in [2.24, 2.45) is 0 Å². The summed E-state index contributed by atoms with van der Waals surface area (Å²) in [6, 6.07) is 18.5. The number of aryl methyl sites for hydroxylation is 1. The topological polar surface area (TPSA) is 75.0 Å². The molecule has 0 spiro atoms. The van der Waals surface area contributed by atoms with Gasteiger partial charge < -0.3 is 18.6 Å². The average molecular weight is 406 g/mol. The number of methoxy groups -OCH3 is 2. The number of hydrogen-bond acceptors (Lipinski definition) is 6. The highest BCUT2D eigenvalue weighted by Gasteiger charge is 2.12. The Bertz CT molecular complexity index is 1030. The number of carbonyl (C=O) groups is 2. The fourth-order valence-electron chi connectivity index (χ4n) is 2.77. The molecule has 0 aliphatic heterocycles. The molecule has 0 unspecified atom stereocenters. The number of ether oxygens (including phenoxy) is 3. The van der Waals surface area contributed by atoms with Crippen LogP contribution in [0.15, 0.2) is 71.2 Å². The van der Waals surface area contributed by atoms with Gasteiger partial charge in [0.15, 0.2) is 11.5 Å². The van der Waals surface area contributed by atoms with Crippen LogP contribution in [0.3, 0.4) is 0 Å². The van der Waals surface area contributed by atoms with Crippen molar-refractivity contribution < 1.29 is 28.2 Å². The molecular weight excluding hydrogens is 384 g/mol. The van der Waals surface area contributed by atoms with Crippen molar-refractivity contribution in [2.75, 3.05) is 14.2 Å². The predicted molar refractivity (Wildman–Crippen MR) is 112 cm³/mol. The average Bonchev–Trinajstić information content (AvgIpc) is 3.26. The van der Waals surface area contributed by atoms with Gasteiger partial charge in [0, 0.05) is 18.1 Å². The molecule has 0 fully saturated rings. The summed E-state index contributed by atoms with van der Waals surface area (Å²) in [5.41, 5.74) is 1.69. The van der Waals surface area contributed by atoms with Crippen LogP contribution in [0.4, 0.5) is 0 Å². The van der Waals surface area contributed by atoms with E-state index in [4.69, 9.17) is 13.9 Å². The van der Waals surface area contributed by atoms with Crippen LogP contribution in [0, 0.1) is 0 Å². The van der Waals surface area contributed by atoms with E-state index in [1.807, 2.05) is 42.5 Å². The summed E-state index contributed by atoms with van der Waals surface area (Å²) >= 11 is 0. The van der Waals surface area contributed by atoms with Gasteiger partial charge in [-0.05, 0) is 35.9 Å². The number of carbonyl (C=O) groups excluding carboxylic acids is 2. The SMILES string of the molecule is COC(=O)/C=C/c1ccc(OC(=O)CCc2ccc(-c3ccccc3)o2)c(OC)c1. The van der Waals surface area contributed by atoms with E-state index in [2.05, 4.69) is 4.74 Å². The number of benzene rings is 2. The zero-order valence-corrected chi connectivity index (χ0v) is 16.8. The summed E-state index contributed by atoms with van der Waals surface area (Å²) in [6.45, 7) is 0. The van der Waals surface area contributed by atoms with Crippen molar-refractivity contribution in [3.8, 4) is 22.8 Å². The first-order chi connectivity index (χ1) is 14.6. The highest BCUT2D eigenvalue weighted by Crippen LogP contribution is 2.29. The number of furan rings is 1. The van der Waals surface area contributed by atoms with Gasteiger partial charge >= 0.3 is 11.9 Å². The van der Waals surface area contributed by atoms with E-state index in [0.29, 0.717) is 29.2 Å². The maximum atomic E-state index is 12.3. The first-order valence-electron chi connectivity index (χ1n) is 9.38. The standard InChI is InChI=1S/C24H22O6/c1-27-22-16-17(9-14-23(25)28-2)8-12-21(22)30-24(26)15-11-19-10-13-20(29-19)18-6-4-3-5-7-18/h3-10,12-14,16H,11,15H2,1-2H3/b14-9+. The Balaban J connectivity index is 1.59. The summed E-state index contributed by atoms with van der Waals surface area (Å²) in [4.78, 5) is 23.5. The third-order valence-corrected chi connectivity index (χ3v) is 4.32. The van der Waals surface area contributed by atoms with E-state index in [-0.39, 0.29) is 6.42 Å². The maximum absolute atomic E-state index is 12.3. The Labute approximate surface area is 174 Å². The summed E-state index contributed by atoms with van der Waals surface area (Å²) in [5, 5.41) is 0. The van der Waals surface area contributed by atoms with E-state index < -0.39 is 11.9 Å². The lowest BCUT2D eigenvalue weighted by atomic mass is 10.2. The van der Waals surface area contributed by atoms with Crippen LogP contribution in [0.2, 0.25) is 0 Å². The monoisotopic (exact) mass is 406 g/mol. The molecule has 6 heteroatoms. The van der Waals surface area contributed by atoms with Gasteiger partial charge in [0.1, 0.15) is 11.5 Å². The van der Waals surface area contributed by atoms with Crippen molar-refractivity contribution >= 4 is 18.0 Å². The molecule has 1 heterocycles. The quantitative estimate of drug-likeness (QED) is 0.307. The molecule has 0 aliphatic rings. The normalized spacial score (nSPS) is 10.7. The second-order valence-electron chi connectivity index (χ2n) is 6.37. The first kappa shape index (κ1) is 20.9. The lowest BCUT2D eigenvalue weighted by Gasteiger charge is -2.09. The molecule has 6 nitrogen and oxygen atoms in total. The molecule has 0 saturated carbocycles. The molecule has 0 amide bonds. The lowest BCUT2D eigenvalue weighted by molar-refractivity contribution is -0.135. The van der Waals surface area contributed by atoms with Crippen molar-refractivity contribution in [2.45, 2.75) is 12.8 Å². The third-order valence-electron chi connectivity index (χ3n) is 4.32. The van der Waals surface area contributed by atoms with Gasteiger partial charge in [0.2, 0.25) is 0 Å².